The molecule has 0 spiro atoms. The molecule has 6 heteroatoms. The Labute approximate surface area is 130 Å². The predicted octanol–water partition coefficient (Wildman–Crippen LogP) is 3.32. The molecule has 3 rings (SSSR count). The lowest BCUT2D eigenvalue weighted by Crippen LogP contribution is -2.06. The van der Waals surface area contributed by atoms with Gasteiger partial charge in [0.15, 0.2) is 17.3 Å². The minimum absolute atomic E-state index is 0.0666. The number of aliphatic imine (C=N–C) groups is 1. The monoisotopic (exact) mass is 315 g/mol. The maximum Gasteiger partial charge on any atom is 0.363 e. The molecule has 1 aliphatic heterocycles. The summed E-state index contributed by atoms with van der Waals surface area (Å²) >= 11 is 0. The zero-order valence-corrected chi connectivity index (χ0v) is 12.0. The SMILES string of the molecule is COc1cccc(/C=C2/N=C(c3ccc(F)c(F)c3)OC2=O)c1. The van der Waals surface area contributed by atoms with Crippen molar-refractivity contribution in [2.24, 2.45) is 4.99 Å². The van der Waals surface area contributed by atoms with Crippen LogP contribution in [0.5, 0.6) is 5.75 Å². The molecule has 116 valence electrons. The molecule has 0 saturated carbocycles. The third-order valence-electron chi connectivity index (χ3n) is 3.18. The van der Waals surface area contributed by atoms with Crippen molar-refractivity contribution < 1.29 is 23.0 Å². The standard InChI is InChI=1S/C17H11F2NO3/c1-22-12-4-2-3-10(7-12)8-15-17(21)23-16(20-15)11-5-6-13(18)14(19)9-11/h2-9H,1H3/b15-8+. The smallest absolute Gasteiger partial charge is 0.363 e. The van der Waals surface area contributed by atoms with Crippen LogP contribution in [0.3, 0.4) is 0 Å². The van der Waals surface area contributed by atoms with Gasteiger partial charge in [-0.1, -0.05) is 12.1 Å². The van der Waals surface area contributed by atoms with Gasteiger partial charge in [-0.25, -0.2) is 18.6 Å². The lowest BCUT2D eigenvalue weighted by Gasteiger charge is -2.00. The fourth-order valence-corrected chi connectivity index (χ4v) is 2.05. The summed E-state index contributed by atoms with van der Waals surface area (Å²) in [5.74, 6) is -2.11. The van der Waals surface area contributed by atoms with Crippen LogP contribution in [0.15, 0.2) is 53.2 Å². The number of benzene rings is 2. The lowest BCUT2D eigenvalue weighted by molar-refractivity contribution is -0.129. The number of halogens is 2. The molecule has 1 heterocycles. The molecule has 2 aromatic rings. The van der Waals surface area contributed by atoms with Crippen LogP contribution < -0.4 is 4.74 Å². The first-order chi connectivity index (χ1) is 11.1. The Hall–Kier alpha value is -3.02. The molecule has 4 nitrogen and oxygen atoms in total. The van der Waals surface area contributed by atoms with E-state index < -0.39 is 17.6 Å². The summed E-state index contributed by atoms with van der Waals surface area (Å²) in [6.07, 6.45) is 1.53. The normalized spacial score (nSPS) is 15.5. The first-order valence-corrected chi connectivity index (χ1v) is 6.69. The average Bonchev–Trinajstić information content (AvgIpc) is 2.91. The molecule has 0 bridgehead atoms. The number of ether oxygens (including phenoxy) is 2. The minimum Gasteiger partial charge on any atom is -0.497 e. The summed E-state index contributed by atoms with van der Waals surface area (Å²) in [7, 11) is 1.54. The van der Waals surface area contributed by atoms with Crippen molar-refractivity contribution in [2.75, 3.05) is 7.11 Å². The van der Waals surface area contributed by atoms with Crippen LogP contribution in [0.25, 0.3) is 6.08 Å². The maximum atomic E-state index is 13.3. The second kappa shape index (κ2) is 6.00. The topological polar surface area (TPSA) is 47.9 Å². The summed E-state index contributed by atoms with van der Waals surface area (Å²) in [6.45, 7) is 0. The van der Waals surface area contributed by atoms with Crippen molar-refractivity contribution in [3.8, 4) is 5.75 Å². The number of nitrogens with zero attached hydrogens (tertiary/aromatic N) is 1. The molecule has 0 aromatic heterocycles. The van der Waals surface area contributed by atoms with Crippen LogP contribution in [0, 0.1) is 11.6 Å². The van der Waals surface area contributed by atoms with E-state index >= 15 is 0 Å². The van der Waals surface area contributed by atoms with Crippen molar-refractivity contribution in [3.63, 3.8) is 0 Å². The van der Waals surface area contributed by atoms with E-state index in [9.17, 15) is 13.6 Å². The molecule has 0 saturated heterocycles. The largest absolute Gasteiger partial charge is 0.497 e. The van der Waals surface area contributed by atoms with Gasteiger partial charge in [-0.05, 0) is 42.0 Å². The summed E-state index contributed by atoms with van der Waals surface area (Å²) in [5.41, 5.74) is 0.955. The van der Waals surface area contributed by atoms with Crippen LogP contribution in [-0.4, -0.2) is 19.0 Å². The highest BCUT2D eigenvalue weighted by molar-refractivity contribution is 6.12. The Morgan fingerprint density at radius 1 is 1.13 bits per heavy atom. The average molecular weight is 315 g/mol. The van der Waals surface area contributed by atoms with Crippen molar-refractivity contribution in [3.05, 3.63) is 70.9 Å². The zero-order chi connectivity index (χ0) is 16.4. The molecule has 0 N–H and O–H groups in total. The molecular formula is C17H11F2NO3. The molecule has 0 fully saturated rings. The molecule has 0 aliphatic carbocycles. The highest BCUT2D eigenvalue weighted by atomic mass is 19.2. The Balaban J connectivity index is 1.94. The van der Waals surface area contributed by atoms with Gasteiger partial charge in [0, 0.05) is 5.56 Å². The van der Waals surface area contributed by atoms with Crippen molar-refractivity contribution in [1.82, 2.24) is 0 Å². The molecular weight excluding hydrogens is 304 g/mol. The molecule has 0 amide bonds. The van der Waals surface area contributed by atoms with E-state index in [0.29, 0.717) is 11.3 Å². The van der Waals surface area contributed by atoms with Gasteiger partial charge in [-0.3, -0.25) is 0 Å². The molecule has 2 aromatic carbocycles. The van der Waals surface area contributed by atoms with E-state index in [0.717, 1.165) is 12.1 Å². The van der Waals surface area contributed by atoms with E-state index in [2.05, 4.69) is 4.99 Å². The highest BCUT2D eigenvalue weighted by Crippen LogP contribution is 2.21. The van der Waals surface area contributed by atoms with Gasteiger partial charge in [0.1, 0.15) is 5.75 Å². The Bertz CT molecular complexity index is 843. The van der Waals surface area contributed by atoms with Gasteiger partial charge in [-0.2, -0.15) is 0 Å². The van der Waals surface area contributed by atoms with Gasteiger partial charge in [-0.15, -0.1) is 0 Å². The van der Waals surface area contributed by atoms with Crippen molar-refractivity contribution in [2.45, 2.75) is 0 Å². The Morgan fingerprint density at radius 3 is 2.70 bits per heavy atom. The van der Waals surface area contributed by atoms with Crippen LogP contribution in [0.2, 0.25) is 0 Å². The van der Waals surface area contributed by atoms with E-state index in [1.807, 2.05) is 0 Å². The minimum atomic E-state index is -1.04. The second-order valence-electron chi connectivity index (χ2n) is 4.74. The van der Waals surface area contributed by atoms with E-state index in [-0.39, 0.29) is 17.2 Å². The lowest BCUT2D eigenvalue weighted by atomic mass is 10.2. The first kappa shape index (κ1) is 14.9. The van der Waals surface area contributed by atoms with Crippen LogP contribution in [-0.2, 0) is 9.53 Å². The number of cyclic esters (lactones) is 1. The second-order valence-corrected chi connectivity index (χ2v) is 4.74. The summed E-state index contributed by atoms with van der Waals surface area (Å²) in [6, 6.07) is 10.2. The van der Waals surface area contributed by atoms with E-state index in [4.69, 9.17) is 9.47 Å². The first-order valence-electron chi connectivity index (χ1n) is 6.69. The highest BCUT2D eigenvalue weighted by Gasteiger charge is 2.24. The van der Waals surface area contributed by atoms with Gasteiger partial charge in [0.05, 0.1) is 7.11 Å². The van der Waals surface area contributed by atoms with Gasteiger partial charge < -0.3 is 9.47 Å². The van der Waals surface area contributed by atoms with Crippen molar-refractivity contribution >= 4 is 17.9 Å². The van der Waals surface area contributed by atoms with E-state index in [1.165, 1.54) is 19.3 Å². The number of rotatable bonds is 3. The van der Waals surface area contributed by atoms with Crippen molar-refractivity contribution in [1.29, 1.82) is 0 Å². The van der Waals surface area contributed by atoms with Gasteiger partial charge in [0.2, 0.25) is 5.90 Å². The third-order valence-corrected chi connectivity index (χ3v) is 3.18. The number of esters is 1. The fourth-order valence-electron chi connectivity index (χ4n) is 2.05. The molecule has 1 aliphatic rings. The Kier molecular flexibility index (Phi) is 3.89. The van der Waals surface area contributed by atoms with Crippen LogP contribution in [0.4, 0.5) is 8.78 Å². The van der Waals surface area contributed by atoms with Crippen LogP contribution >= 0.6 is 0 Å². The molecule has 0 atom stereocenters. The summed E-state index contributed by atoms with van der Waals surface area (Å²) in [4.78, 5) is 15.9. The third kappa shape index (κ3) is 3.11. The fraction of sp³-hybridized carbons (Fsp3) is 0.0588. The molecule has 23 heavy (non-hydrogen) atoms. The van der Waals surface area contributed by atoms with Gasteiger partial charge >= 0.3 is 5.97 Å². The Morgan fingerprint density at radius 2 is 1.96 bits per heavy atom. The number of hydrogen-bond acceptors (Lipinski definition) is 4. The van der Waals surface area contributed by atoms with E-state index in [1.54, 1.807) is 24.3 Å². The number of carbonyl (C=O) groups excluding carboxylic acids is 1. The number of hydrogen-bond donors (Lipinski definition) is 0. The van der Waals surface area contributed by atoms with Crippen LogP contribution in [0.1, 0.15) is 11.1 Å². The molecule has 0 radical (unpaired) electrons. The summed E-state index contributed by atoms with van der Waals surface area (Å²) < 4.78 is 36.3. The predicted molar refractivity (Wildman–Crippen MR) is 80.0 cm³/mol. The maximum absolute atomic E-state index is 13.3. The van der Waals surface area contributed by atoms with Gasteiger partial charge in [0.25, 0.3) is 0 Å². The molecule has 0 unspecified atom stereocenters. The number of carbonyl (C=O) groups is 1. The zero-order valence-electron chi connectivity index (χ0n) is 12.0. The summed E-state index contributed by atoms with van der Waals surface area (Å²) in [5, 5.41) is 0. The number of methoxy groups -OCH3 is 1. The quantitative estimate of drug-likeness (QED) is 0.645.